The van der Waals surface area contributed by atoms with E-state index in [1.165, 1.54) is 6.42 Å². The van der Waals surface area contributed by atoms with Crippen molar-refractivity contribution in [3.63, 3.8) is 0 Å². The van der Waals surface area contributed by atoms with Crippen molar-refractivity contribution in [1.82, 2.24) is 0 Å². The Morgan fingerprint density at radius 3 is 2.38 bits per heavy atom. The van der Waals surface area contributed by atoms with Gasteiger partial charge in [0.05, 0.1) is 18.3 Å². The molecule has 0 amide bonds. The first-order valence-electron chi connectivity index (χ1n) is 15.7. The highest BCUT2D eigenvalue weighted by molar-refractivity contribution is 5.66. The van der Waals surface area contributed by atoms with Gasteiger partial charge >= 0.3 is 5.97 Å². The second-order valence-electron chi connectivity index (χ2n) is 12.0. The lowest BCUT2D eigenvalue weighted by atomic mass is 9.88. The van der Waals surface area contributed by atoms with Crippen LogP contribution in [0.5, 0.6) is 0 Å². The smallest absolute Gasteiger partial charge is 0.303 e. The van der Waals surface area contributed by atoms with Crippen molar-refractivity contribution in [2.24, 2.45) is 23.7 Å². The summed E-state index contributed by atoms with van der Waals surface area (Å²) in [5.74, 6) is -0.145. The molecular weight excluding hydrogens is 496 g/mol. The number of carbonyl (C=O) groups is 1. The molecule has 0 spiro atoms. The third-order valence-electron chi connectivity index (χ3n) is 8.59. The first-order valence-corrected chi connectivity index (χ1v) is 15.7. The molecule has 2 saturated heterocycles. The highest BCUT2D eigenvalue weighted by Crippen LogP contribution is 2.40. The summed E-state index contributed by atoms with van der Waals surface area (Å²) in [6, 6.07) is 0. The van der Waals surface area contributed by atoms with Crippen LogP contribution in [0.15, 0.2) is 24.3 Å². The van der Waals surface area contributed by atoms with Crippen LogP contribution in [0, 0.1) is 23.7 Å². The van der Waals surface area contributed by atoms with Gasteiger partial charge in [-0.3, -0.25) is 4.79 Å². The average molecular weight is 551 g/mol. The topological polar surface area (TPSA) is 94.5 Å². The summed E-state index contributed by atoms with van der Waals surface area (Å²) in [4.78, 5) is 10.9. The molecule has 7 nitrogen and oxygen atoms in total. The minimum absolute atomic E-state index is 0.0234. The number of unbranched alkanes of at least 4 members (excludes halogenated alkanes) is 1. The Morgan fingerprint density at radius 2 is 1.74 bits per heavy atom. The number of aliphatic hydroxyl groups excluding tert-OH is 1. The molecule has 0 bridgehead atoms. The molecule has 2 aliphatic heterocycles. The fourth-order valence-corrected chi connectivity index (χ4v) is 6.05. The van der Waals surface area contributed by atoms with E-state index >= 15 is 0 Å². The Bertz CT molecular complexity index is 741. The molecule has 7 heteroatoms. The zero-order chi connectivity index (χ0) is 28.0. The van der Waals surface area contributed by atoms with Gasteiger partial charge < -0.3 is 29.2 Å². The van der Waals surface area contributed by atoms with Crippen LogP contribution in [0.1, 0.15) is 104 Å². The van der Waals surface area contributed by atoms with Crippen molar-refractivity contribution in [3.05, 3.63) is 24.3 Å². The molecule has 3 rings (SSSR count). The molecule has 2 N–H and O–H groups in total. The molecule has 9 atom stereocenters. The van der Waals surface area contributed by atoms with Crippen LogP contribution in [0.4, 0.5) is 0 Å². The summed E-state index contributed by atoms with van der Waals surface area (Å²) in [5.41, 5.74) is 0. The number of ether oxygens (including phenoxy) is 4. The molecule has 39 heavy (non-hydrogen) atoms. The third-order valence-corrected chi connectivity index (χ3v) is 8.59. The van der Waals surface area contributed by atoms with Crippen molar-refractivity contribution in [3.8, 4) is 0 Å². The highest BCUT2D eigenvalue weighted by atomic mass is 16.7. The lowest BCUT2D eigenvalue weighted by Crippen LogP contribution is -2.32. The van der Waals surface area contributed by atoms with Gasteiger partial charge in [-0.25, -0.2) is 0 Å². The number of hydrogen-bond donors (Lipinski definition) is 2. The monoisotopic (exact) mass is 550 g/mol. The van der Waals surface area contributed by atoms with E-state index in [1.54, 1.807) is 0 Å². The summed E-state index contributed by atoms with van der Waals surface area (Å²) >= 11 is 0. The summed E-state index contributed by atoms with van der Waals surface area (Å²) in [7, 11) is 0. The van der Waals surface area contributed by atoms with Crippen LogP contribution in [-0.2, 0) is 23.7 Å². The van der Waals surface area contributed by atoms with E-state index in [9.17, 15) is 9.90 Å². The maximum Gasteiger partial charge on any atom is 0.303 e. The van der Waals surface area contributed by atoms with Crippen LogP contribution < -0.4 is 0 Å². The molecule has 4 unspecified atom stereocenters. The van der Waals surface area contributed by atoms with Crippen LogP contribution in [0.3, 0.4) is 0 Å². The van der Waals surface area contributed by atoms with E-state index in [-0.39, 0.29) is 49.0 Å². The van der Waals surface area contributed by atoms with Gasteiger partial charge in [-0.05, 0) is 75.5 Å². The van der Waals surface area contributed by atoms with E-state index in [1.807, 2.05) is 6.92 Å². The number of carboxylic acids is 1. The first kappa shape index (κ1) is 32.3. The zero-order valence-electron chi connectivity index (χ0n) is 24.5. The van der Waals surface area contributed by atoms with Crippen molar-refractivity contribution in [2.45, 2.75) is 135 Å². The van der Waals surface area contributed by atoms with Crippen molar-refractivity contribution in [1.29, 1.82) is 0 Å². The highest BCUT2D eigenvalue weighted by Gasteiger charge is 2.42. The Kier molecular flexibility index (Phi) is 14.5. The number of allylic oxidation sites excluding steroid dienone is 2. The second kappa shape index (κ2) is 17.5. The van der Waals surface area contributed by atoms with Gasteiger partial charge in [0, 0.05) is 32.0 Å². The molecular formula is C32H54O7. The van der Waals surface area contributed by atoms with E-state index in [0.717, 1.165) is 71.0 Å². The predicted molar refractivity (Wildman–Crippen MR) is 152 cm³/mol. The standard InChI is InChI=1S/C32H54O7/c1-4-5-12-24(3)28(38-31-14-6-8-20-36-31)18-17-26-25(13-10-11-23(2)16-19-30(34)35)27(33)22-29(26)39-32-15-7-9-21-37-32/h10-11,17-18,23-29,31-33H,4-9,12-16,19-22H2,1-3H3,(H,34,35)/b11-10-,18-17+/t23?,24-,25-,26-,27+,28-,29?,31?,32?/m1/s1. The Morgan fingerprint density at radius 1 is 1.03 bits per heavy atom. The van der Waals surface area contributed by atoms with Crippen LogP contribution in [0.25, 0.3) is 0 Å². The average Bonchev–Trinajstić information content (AvgIpc) is 3.22. The van der Waals surface area contributed by atoms with Crippen molar-refractivity contribution >= 4 is 5.97 Å². The number of rotatable bonds is 16. The van der Waals surface area contributed by atoms with E-state index in [4.69, 9.17) is 24.1 Å². The molecule has 0 aromatic heterocycles. The molecule has 0 radical (unpaired) electrons. The van der Waals surface area contributed by atoms with Crippen molar-refractivity contribution in [2.75, 3.05) is 13.2 Å². The molecule has 224 valence electrons. The minimum Gasteiger partial charge on any atom is -0.481 e. The predicted octanol–water partition coefficient (Wildman–Crippen LogP) is 6.64. The SMILES string of the molecule is CCCC[C@@H](C)[C@@H](/C=C/[C@H]1C(OC2CCCCO2)C[C@H](O)[C@@H]1C/C=C\C(C)CCC(=O)O)OC1CCCCO1. The second-order valence-corrected chi connectivity index (χ2v) is 12.0. The number of carboxylic acid groups (broad SMARTS) is 1. The third kappa shape index (κ3) is 11.3. The Hall–Kier alpha value is -1.25. The largest absolute Gasteiger partial charge is 0.481 e. The lowest BCUT2D eigenvalue weighted by Gasteiger charge is -2.31. The summed E-state index contributed by atoms with van der Waals surface area (Å²) in [6.07, 6.45) is 19.4. The Balaban J connectivity index is 1.73. The number of hydrogen-bond acceptors (Lipinski definition) is 6. The van der Waals surface area contributed by atoms with Crippen LogP contribution >= 0.6 is 0 Å². The summed E-state index contributed by atoms with van der Waals surface area (Å²) in [6.45, 7) is 8.02. The van der Waals surface area contributed by atoms with Gasteiger partial charge in [0.1, 0.15) is 0 Å². The molecule has 1 aliphatic carbocycles. The molecule has 3 aliphatic rings. The van der Waals surface area contributed by atoms with Gasteiger partial charge in [-0.15, -0.1) is 0 Å². The maximum atomic E-state index is 11.1. The van der Waals surface area contributed by atoms with Crippen LogP contribution in [0.2, 0.25) is 0 Å². The Labute approximate surface area is 236 Å². The summed E-state index contributed by atoms with van der Waals surface area (Å²) < 4.78 is 24.8. The van der Waals surface area contributed by atoms with E-state index < -0.39 is 12.1 Å². The zero-order valence-corrected chi connectivity index (χ0v) is 24.5. The van der Waals surface area contributed by atoms with Crippen molar-refractivity contribution < 1.29 is 34.0 Å². The summed E-state index contributed by atoms with van der Waals surface area (Å²) in [5, 5.41) is 20.1. The molecule has 0 aromatic rings. The minimum atomic E-state index is -0.764. The van der Waals surface area contributed by atoms with Gasteiger partial charge in [0.25, 0.3) is 0 Å². The van der Waals surface area contributed by atoms with Gasteiger partial charge in [0.15, 0.2) is 12.6 Å². The molecule has 2 heterocycles. The maximum absolute atomic E-state index is 11.1. The fraction of sp³-hybridized carbons (Fsp3) is 0.844. The number of aliphatic hydroxyl groups is 1. The number of aliphatic carboxylic acids is 1. The molecule has 3 fully saturated rings. The van der Waals surface area contributed by atoms with Gasteiger partial charge in [0.2, 0.25) is 0 Å². The first-order chi connectivity index (χ1) is 18.9. The molecule has 1 saturated carbocycles. The fourth-order valence-electron chi connectivity index (χ4n) is 6.05. The van der Waals surface area contributed by atoms with E-state index in [2.05, 4.69) is 38.2 Å². The van der Waals surface area contributed by atoms with Gasteiger partial charge in [-0.2, -0.15) is 0 Å². The lowest BCUT2D eigenvalue weighted by molar-refractivity contribution is -0.193. The van der Waals surface area contributed by atoms with E-state index in [0.29, 0.717) is 18.8 Å². The van der Waals surface area contributed by atoms with Crippen LogP contribution in [-0.4, -0.2) is 60.3 Å². The normalized spacial score (nSPS) is 32.5. The molecule has 0 aromatic carbocycles. The quantitative estimate of drug-likeness (QED) is 0.208. The van der Waals surface area contributed by atoms with Gasteiger partial charge in [-0.1, -0.05) is 57.9 Å².